The van der Waals surface area contributed by atoms with E-state index in [1.165, 1.54) is 0 Å². The number of anilines is 1. The molecule has 1 aromatic carbocycles. The van der Waals surface area contributed by atoms with Gasteiger partial charge in [-0.2, -0.15) is 0 Å². The van der Waals surface area contributed by atoms with Gasteiger partial charge in [-0.05, 0) is 56.3 Å². The summed E-state index contributed by atoms with van der Waals surface area (Å²) in [6.45, 7) is 4.44. The molecular formula is C19H27N3O3. The third-order valence-electron chi connectivity index (χ3n) is 5.35. The highest BCUT2D eigenvalue weighted by Gasteiger charge is 2.33. The van der Waals surface area contributed by atoms with Gasteiger partial charge in [0.2, 0.25) is 5.91 Å². The monoisotopic (exact) mass is 345 g/mol. The molecule has 0 aromatic heterocycles. The van der Waals surface area contributed by atoms with Crippen LogP contribution in [0.5, 0.6) is 5.75 Å². The van der Waals surface area contributed by atoms with Crippen LogP contribution in [0.15, 0.2) is 18.2 Å². The summed E-state index contributed by atoms with van der Waals surface area (Å²) >= 11 is 0. The first-order valence-electron chi connectivity index (χ1n) is 9.15. The zero-order valence-electron chi connectivity index (χ0n) is 14.9. The van der Waals surface area contributed by atoms with Crippen LogP contribution in [-0.2, 0) is 9.59 Å². The number of carbonyl (C=O) groups is 2. The number of amides is 2. The number of rotatable bonds is 5. The fourth-order valence-electron chi connectivity index (χ4n) is 3.77. The summed E-state index contributed by atoms with van der Waals surface area (Å²) in [5.41, 5.74) is 7.42. The minimum atomic E-state index is -0.462. The quantitative estimate of drug-likeness (QED) is 0.763. The predicted octanol–water partition coefficient (Wildman–Crippen LogP) is 2.35. The average Bonchev–Trinajstić information content (AvgIpc) is 3.09. The van der Waals surface area contributed by atoms with Crippen LogP contribution in [0, 0.1) is 11.8 Å². The van der Waals surface area contributed by atoms with Crippen LogP contribution in [0.1, 0.15) is 51.1 Å². The molecular weight excluding hydrogens is 318 g/mol. The summed E-state index contributed by atoms with van der Waals surface area (Å²) in [7, 11) is 0. The maximum Gasteiger partial charge on any atom is 0.265 e. The summed E-state index contributed by atoms with van der Waals surface area (Å²) < 4.78 is 5.78. The van der Waals surface area contributed by atoms with E-state index in [2.05, 4.69) is 10.6 Å². The van der Waals surface area contributed by atoms with Crippen LogP contribution in [0.4, 0.5) is 5.69 Å². The Labute approximate surface area is 148 Å². The van der Waals surface area contributed by atoms with Crippen LogP contribution in [-0.4, -0.2) is 24.5 Å². The van der Waals surface area contributed by atoms with Gasteiger partial charge in [-0.3, -0.25) is 9.59 Å². The van der Waals surface area contributed by atoms with E-state index >= 15 is 0 Å². The lowest BCUT2D eigenvalue weighted by molar-refractivity contribution is -0.126. The van der Waals surface area contributed by atoms with Gasteiger partial charge in [-0.1, -0.05) is 19.4 Å². The molecule has 1 heterocycles. The van der Waals surface area contributed by atoms with Crippen molar-refractivity contribution in [1.29, 1.82) is 0 Å². The Kier molecular flexibility index (Phi) is 5.27. The molecule has 2 unspecified atom stereocenters. The normalized spacial score (nSPS) is 26.4. The van der Waals surface area contributed by atoms with Gasteiger partial charge in [-0.15, -0.1) is 0 Å². The van der Waals surface area contributed by atoms with Gasteiger partial charge in [0.15, 0.2) is 6.10 Å². The van der Waals surface area contributed by atoms with E-state index in [0.29, 0.717) is 30.3 Å². The number of benzene rings is 1. The lowest BCUT2D eigenvalue weighted by atomic mass is 9.94. The predicted molar refractivity (Wildman–Crippen MR) is 96.2 cm³/mol. The van der Waals surface area contributed by atoms with E-state index in [1.807, 2.05) is 32.0 Å². The number of nitrogens with two attached hydrogens (primary N) is 1. The number of hydrogen-bond donors (Lipinski definition) is 3. The molecule has 2 amide bonds. The molecule has 1 aromatic rings. The van der Waals surface area contributed by atoms with Gasteiger partial charge in [0, 0.05) is 5.92 Å². The van der Waals surface area contributed by atoms with E-state index in [0.717, 1.165) is 24.8 Å². The highest BCUT2D eigenvalue weighted by molar-refractivity contribution is 5.97. The second kappa shape index (κ2) is 7.44. The smallest absolute Gasteiger partial charge is 0.265 e. The van der Waals surface area contributed by atoms with Crippen LogP contribution in [0.25, 0.3) is 0 Å². The molecule has 136 valence electrons. The number of nitrogens with one attached hydrogen (secondary N) is 2. The highest BCUT2D eigenvalue weighted by atomic mass is 16.5. The molecule has 4 N–H and O–H groups in total. The van der Waals surface area contributed by atoms with Crippen molar-refractivity contribution in [3.63, 3.8) is 0 Å². The first-order valence-corrected chi connectivity index (χ1v) is 9.15. The van der Waals surface area contributed by atoms with E-state index in [9.17, 15) is 9.59 Å². The van der Waals surface area contributed by atoms with E-state index < -0.39 is 6.10 Å². The Hall–Kier alpha value is -2.08. The van der Waals surface area contributed by atoms with Crippen LogP contribution in [0.3, 0.4) is 0 Å². The van der Waals surface area contributed by atoms with Crippen molar-refractivity contribution in [3.05, 3.63) is 23.8 Å². The lowest BCUT2D eigenvalue weighted by Crippen LogP contribution is -2.37. The number of hydrogen-bond acceptors (Lipinski definition) is 4. The molecule has 2 aliphatic rings. The van der Waals surface area contributed by atoms with Crippen molar-refractivity contribution in [3.8, 4) is 5.75 Å². The maximum atomic E-state index is 12.6. The molecule has 1 aliphatic heterocycles. The zero-order chi connectivity index (χ0) is 18.0. The fourth-order valence-corrected chi connectivity index (χ4v) is 3.77. The van der Waals surface area contributed by atoms with Gasteiger partial charge < -0.3 is 21.1 Å². The second-order valence-electron chi connectivity index (χ2n) is 7.02. The van der Waals surface area contributed by atoms with E-state index in [4.69, 9.17) is 10.5 Å². The van der Waals surface area contributed by atoms with Crippen molar-refractivity contribution in [2.75, 3.05) is 11.9 Å². The molecule has 6 heteroatoms. The third kappa shape index (κ3) is 3.63. The maximum absolute atomic E-state index is 12.6. The Morgan fingerprint density at radius 1 is 1.44 bits per heavy atom. The largest absolute Gasteiger partial charge is 0.478 e. The number of carbonyl (C=O) groups excluding carboxylic acids is 2. The number of fused-ring (bicyclic) bond motifs is 1. The average molecular weight is 345 g/mol. The van der Waals surface area contributed by atoms with Gasteiger partial charge >= 0.3 is 0 Å². The Morgan fingerprint density at radius 3 is 2.96 bits per heavy atom. The summed E-state index contributed by atoms with van der Waals surface area (Å²) in [6.07, 6.45) is 3.17. The molecule has 25 heavy (non-hydrogen) atoms. The first kappa shape index (κ1) is 17.7. The summed E-state index contributed by atoms with van der Waals surface area (Å²) in [5.74, 6) is 0.937. The van der Waals surface area contributed by atoms with E-state index in [1.54, 1.807) is 0 Å². The van der Waals surface area contributed by atoms with Crippen LogP contribution >= 0.6 is 0 Å². The fraction of sp³-hybridized carbons (Fsp3) is 0.579. The van der Waals surface area contributed by atoms with Gasteiger partial charge in [0.25, 0.3) is 5.91 Å². The van der Waals surface area contributed by atoms with Crippen molar-refractivity contribution < 1.29 is 14.3 Å². The topological polar surface area (TPSA) is 93.4 Å². The molecule has 1 saturated carbocycles. The lowest BCUT2D eigenvalue weighted by Gasteiger charge is -2.26. The molecule has 0 spiro atoms. The second-order valence-corrected chi connectivity index (χ2v) is 7.02. The first-order chi connectivity index (χ1) is 12.0. The van der Waals surface area contributed by atoms with Crippen molar-refractivity contribution in [2.24, 2.45) is 17.6 Å². The molecule has 1 aliphatic carbocycles. The minimum absolute atomic E-state index is 0.0186. The molecule has 6 nitrogen and oxygen atoms in total. The molecule has 4 atom stereocenters. The number of ether oxygens (including phenoxy) is 1. The van der Waals surface area contributed by atoms with Crippen molar-refractivity contribution in [1.82, 2.24) is 5.32 Å². The minimum Gasteiger partial charge on any atom is -0.478 e. The molecule has 0 radical (unpaired) electrons. The summed E-state index contributed by atoms with van der Waals surface area (Å²) in [4.78, 5) is 24.4. The van der Waals surface area contributed by atoms with E-state index in [-0.39, 0.29) is 23.8 Å². The highest BCUT2D eigenvalue weighted by Crippen LogP contribution is 2.34. The Balaban J connectivity index is 1.70. The van der Waals surface area contributed by atoms with Crippen LogP contribution < -0.4 is 21.1 Å². The molecule has 1 fully saturated rings. The zero-order valence-corrected chi connectivity index (χ0v) is 14.9. The van der Waals surface area contributed by atoms with Gasteiger partial charge in [0.05, 0.1) is 11.7 Å². The molecule has 3 rings (SSSR count). The van der Waals surface area contributed by atoms with Gasteiger partial charge in [0.1, 0.15) is 5.75 Å². The third-order valence-corrected chi connectivity index (χ3v) is 5.35. The van der Waals surface area contributed by atoms with Crippen LogP contribution in [0.2, 0.25) is 0 Å². The van der Waals surface area contributed by atoms with Gasteiger partial charge in [-0.25, -0.2) is 0 Å². The molecule has 0 bridgehead atoms. The SMILES string of the molecule is CCC1Oc2cc(C(C)NC(=O)[C@@H]3CCC[C@@H]3CN)ccc2NC1=O. The molecule has 0 saturated heterocycles. The Morgan fingerprint density at radius 2 is 2.24 bits per heavy atom. The standard InChI is InChI=1S/C19H27N3O3/c1-3-16-19(24)22-15-8-7-12(9-17(15)25-16)11(2)21-18(23)14-6-4-5-13(14)10-20/h7-9,11,13-14,16H,3-6,10,20H2,1-2H3,(H,21,23)(H,22,24)/t11?,13-,14-,16?/m1/s1. The van der Waals surface area contributed by atoms with Crippen molar-refractivity contribution >= 4 is 17.5 Å². The Bertz CT molecular complexity index is 661. The summed E-state index contributed by atoms with van der Waals surface area (Å²) in [5, 5.41) is 5.97. The summed E-state index contributed by atoms with van der Waals surface area (Å²) in [6, 6.07) is 5.51. The van der Waals surface area contributed by atoms with Crippen molar-refractivity contribution in [2.45, 2.75) is 51.7 Å².